The Bertz CT molecular complexity index is 292. The quantitative estimate of drug-likeness (QED) is 0.645. The molecule has 72 valence electrons. The number of benzene rings is 1. The van der Waals surface area contributed by atoms with Crippen LogP contribution in [0.4, 0.5) is 0 Å². The van der Waals surface area contributed by atoms with E-state index in [-0.39, 0.29) is 5.38 Å². The smallest absolute Gasteiger partial charge is 0.0438 e. The Hall–Kier alpha value is -0.200. The minimum atomic E-state index is 0.138. The molecule has 0 N–H and O–H groups in total. The second-order valence-corrected chi connectivity index (χ2v) is 4.57. The monoisotopic (exact) mass is 216 g/mol. The first kappa shape index (κ1) is 10.9. The maximum absolute atomic E-state index is 6.02. The fourth-order valence-electron chi connectivity index (χ4n) is 1.16. The molecular weight excluding hydrogens is 203 g/mol. The van der Waals surface area contributed by atoms with Gasteiger partial charge in [0.25, 0.3) is 0 Å². The van der Waals surface area contributed by atoms with E-state index < -0.39 is 0 Å². The highest BCUT2D eigenvalue weighted by Gasteiger charge is 2.12. The van der Waals surface area contributed by atoms with Crippen LogP contribution in [-0.4, -0.2) is 5.38 Å². The molecule has 0 amide bonds. The zero-order chi connectivity index (χ0) is 10.0. The van der Waals surface area contributed by atoms with Crippen molar-refractivity contribution in [2.75, 3.05) is 0 Å². The summed E-state index contributed by atoms with van der Waals surface area (Å²) in [6.45, 7) is 6.11. The molecular formula is C11H14Cl2. The Balaban J connectivity index is 2.97. The first-order valence-electron chi connectivity index (χ1n) is 4.42. The lowest BCUT2D eigenvalue weighted by Crippen LogP contribution is -2.04. The Kier molecular flexibility index (Phi) is 3.63. The van der Waals surface area contributed by atoms with Crippen LogP contribution in [0.25, 0.3) is 0 Å². The molecule has 0 bridgehead atoms. The summed E-state index contributed by atoms with van der Waals surface area (Å²) in [5.41, 5.74) is 2.32. The van der Waals surface area contributed by atoms with Crippen molar-refractivity contribution in [1.82, 2.24) is 0 Å². The predicted molar refractivity (Wildman–Crippen MR) is 59.9 cm³/mol. The van der Waals surface area contributed by atoms with Crippen molar-refractivity contribution in [2.45, 2.75) is 32.1 Å². The first-order valence-corrected chi connectivity index (χ1v) is 5.24. The van der Waals surface area contributed by atoms with E-state index in [2.05, 4.69) is 13.0 Å². The van der Waals surface area contributed by atoms with Crippen LogP contribution in [0.15, 0.2) is 18.2 Å². The molecule has 0 aliphatic rings. The van der Waals surface area contributed by atoms with E-state index in [1.54, 1.807) is 0 Å². The molecule has 0 spiro atoms. The van der Waals surface area contributed by atoms with Gasteiger partial charge in [-0.15, -0.1) is 11.6 Å². The van der Waals surface area contributed by atoms with Crippen LogP contribution < -0.4 is 0 Å². The van der Waals surface area contributed by atoms with Crippen molar-refractivity contribution < 1.29 is 0 Å². The van der Waals surface area contributed by atoms with E-state index in [4.69, 9.17) is 23.2 Å². The largest absolute Gasteiger partial charge is 0.123 e. The first-order chi connectivity index (χ1) is 6.02. The Morgan fingerprint density at radius 2 is 1.85 bits per heavy atom. The molecule has 2 unspecified atom stereocenters. The molecule has 0 aliphatic carbocycles. The van der Waals surface area contributed by atoms with Gasteiger partial charge in [0.2, 0.25) is 0 Å². The number of hydrogen-bond donors (Lipinski definition) is 0. The third-order valence-corrected chi connectivity index (χ3v) is 3.20. The SMILES string of the molecule is Cc1ccc(C(C)C(C)Cl)cc1Cl. The number of halogens is 2. The maximum atomic E-state index is 6.02. The molecule has 0 fully saturated rings. The third kappa shape index (κ3) is 2.62. The lowest BCUT2D eigenvalue weighted by atomic mass is 9.97. The topological polar surface area (TPSA) is 0 Å². The van der Waals surface area contributed by atoms with Gasteiger partial charge in [0.05, 0.1) is 0 Å². The molecule has 1 aromatic carbocycles. The summed E-state index contributed by atoms with van der Waals surface area (Å²) < 4.78 is 0. The molecule has 0 saturated carbocycles. The van der Waals surface area contributed by atoms with Gasteiger partial charge >= 0.3 is 0 Å². The van der Waals surface area contributed by atoms with E-state index in [1.807, 2.05) is 26.0 Å². The highest BCUT2D eigenvalue weighted by atomic mass is 35.5. The zero-order valence-corrected chi connectivity index (χ0v) is 9.65. The fraction of sp³-hybridized carbons (Fsp3) is 0.455. The van der Waals surface area contributed by atoms with E-state index in [1.165, 1.54) is 5.56 Å². The summed E-state index contributed by atoms with van der Waals surface area (Å²) in [4.78, 5) is 0. The van der Waals surface area contributed by atoms with Gasteiger partial charge in [-0.25, -0.2) is 0 Å². The number of rotatable bonds is 2. The standard InChI is InChI=1S/C11H14Cl2/c1-7-4-5-10(6-11(7)13)8(2)9(3)12/h4-6,8-9H,1-3H3. The minimum absolute atomic E-state index is 0.138. The lowest BCUT2D eigenvalue weighted by molar-refractivity contribution is 0.742. The van der Waals surface area contributed by atoms with Gasteiger partial charge in [0.15, 0.2) is 0 Å². The highest BCUT2D eigenvalue weighted by Crippen LogP contribution is 2.26. The Morgan fingerprint density at radius 1 is 1.23 bits per heavy atom. The van der Waals surface area contributed by atoms with Crippen LogP contribution in [0.1, 0.15) is 30.9 Å². The van der Waals surface area contributed by atoms with Gasteiger partial charge in [0.1, 0.15) is 0 Å². The number of alkyl halides is 1. The van der Waals surface area contributed by atoms with Crippen LogP contribution in [0, 0.1) is 6.92 Å². The molecule has 0 saturated heterocycles. The zero-order valence-electron chi connectivity index (χ0n) is 8.14. The van der Waals surface area contributed by atoms with Crippen molar-refractivity contribution in [2.24, 2.45) is 0 Å². The number of hydrogen-bond acceptors (Lipinski definition) is 0. The summed E-state index contributed by atoms with van der Waals surface area (Å²) in [6, 6.07) is 6.12. The summed E-state index contributed by atoms with van der Waals surface area (Å²) in [5, 5.41) is 0.959. The molecule has 0 heterocycles. The summed E-state index contributed by atoms with van der Waals surface area (Å²) in [7, 11) is 0. The van der Waals surface area contributed by atoms with E-state index in [9.17, 15) is 0 Å². The molecule has 0 nitrogen and oxygen atoms in total. The minimum Gasteiger partial charge on any atom is -0.123 e. The van der Waals surface area contributed by atoms with Gasteiger partial charge in [-0.05, 0) is 37.0 Å². The molecule has 2 heteroatoms. The molecule has 2 atom stereocenters. The molecule has 1 rings (SSSR count). The predicted octanol–water partition coefficient (Wildman–Crippen LogP) is 4.38. The number of aryl methyl sites for hydroxylation is 1. The van der Waals surface area contributed by atoms with E-state index in [0.717, 1.165) is 10.6 Å². The fourth-order valence-corrected chi connectivity index (χ4v) is 1.49. The average Bonchev–Trinajstić information content (AvgIpc) is 2.08. The van der Waals surface area contributed by atoms with Crippen molar-refractivity contribution in [3.63, 3.8) is 0 Å². The average molecular weight is 217 g/mol. The van der Waals surface area contributed by atoms with Crippen molar-refractivity contribution >= 4 is 23.2 Å². The van der Waals surface area contributed by atoms with Crippen LogP contribution >= 0.6 is 23.2 Å². The van der Waals surface area contributed by atoms with Gasteiger partial charge in [0, 0.05) is 10.4 Å². The molecule has 0 aromatic heterocycles. The van der Waals surface area contributed by atoms with Gasteiger partial charge in [-0.3, -0.25) is 0 Å². The highest BCUT2D eigenvalue weighted by molar-refractivity contribution is 6.31. The summed E-state index contributed by atoms with van der Waals surface area (Å²) >= 11 is 12.0. The van der Waals surface area contributed by atoms with Gasteiger partial charge in [-0.1, -0.05) is 30.7 Å². The van der Waals surface area contributed by atoms with Crippen LogP contribution in [0.5, 0.6) is 0 Å². The molecule has 13 heavy (non-hydrogen) atoms. The lowest BCUT2D eigenvalue weighted by Gasteiger charge is -2.14. The third-order valence-electron chi connectivity index (χ3n) is 2.41. The van der Waals surface area contributed by atoms with E-state index in [0.29, 0.717) is 5.92 Å². The summed E-state index contributed by atoms with van der Waals surface area (Å²) in [5.74, 6) is 0.347. The van der Waals surface area contributed by atoms with Crippen LogP contribution in [0.3, 0.4) is 0 Å². The van der Waals surface area contributed by atoms with Crippen LogP contribution in [0.2, 0.25) is 5.02 Å². The Morgan fingerprint density at radius 3 is 2.31 bits per heavy atom. The van der Waals surface area contributed by atoms with Gasteiger partial charge < -0.3 is 0 Å². The second kappa shape index (κ2) is 4.34. The van der Waals surface area contributed by atoms with Crippen LogP contribution in [-0.2, 0) is 0 Å². The van der Waals surface area contributed by atoms with Gasteiger partial charge in [-0.2, -0.15) is 0 Å². The summed E-state index contributed by atoms with van der Waals surface area (Å²) in [6.07, 6.45) is 0. The maximum Gasteiger partial charge on any atom is 0.0438 e. The van der Waals surface area contributed by atoms with E-state index >= 15 is 0 Å². The van der Waals surface area contributed by atoms with Crippen molar-refractivity contribution in [3.8, 4) is 0 Å². The second-order valence-electron chi connectivity index (χ2n) is 3.47. The molecule has 1 aromatic rings. The Labute approximate surface area is 89.9 Å². The normalized spacial score (nSPS) is 15.5. The van der Waals surface area contributed by atoms with Crippen molar-refractivity contribution in [3.05, 3.63) is 34.3 Å². The molecule has 0 radical (unpaired) electrons. The van der Waals surface area contributed by atoms with Crippen molar-refractivity contribution in [1.29, 1.82) is 0 Å². The molecule has 0 aliphatic heterocycles.